The van der Waals surface area contributed by atoms with Crippen LogP contribution in [0.5, 0.6) is 11.5 Å². The topological polar surface area (TPSA) is 50.8 Å². The lowest BCUT2D eigenvalue weighted by atomic mass is 10.0. The van der Waals surface area contributed by atoms with E-state index in [4.69, 9.17) is 21.1 Å². The summed E-state index contributed by atoms with van der Waals surface area (Å²) in [6.45, 7) is 6.21. The van der Waals surface area contributed by atoms with E-state index in [0.717, 1.165) is 32.6 Å². The van der Waals surface area contributed by atoms with Crippen molar-refractivity contribution >= 4 is 29.9 Å². The molecule has 2 aliphatic heterocycles. The predicted molar refractivity (Wildman–Crippen MR) is 96.8 cm³/mol. The van der Waals surface area contributed by atoms with Gasteiger partial charge in [-0.05, 0) is 30.4 Å². The summed E-state index contributed by atoms with van der Waals surface area (Å²) in [5, 5.41) is 3.80. The number of carbonyl (C=O) groups excluding carboxylic acids is 1. The molecule has 0 aliphatic carbocycles. The molecular formula is C17H24Cl2N2O3. The lowest BCUT2D eigenvalue weighted by molar-refractivity contribution is 0.0781. The van der Waals surface area contributed by atoms with Crippen LogP contribution in [0.3, 0.4) is 0 Å². The van der Waals surface area contributed by atoms with Gasteiger partial charge in [0.1, 0.15) is 0 Å². The number of methoxy groups -OCH3 is 1. The Kier molecular flexibility index (Phi) is 6.61. The third-order valence-electron chi connectivity index (χ3n) is 4.60. The molecule has 1 aromatic carbocycles. The van der Waals surface area contributed by atoms with E-state index in [1.54, 1.807) is 19.2 Å². The van der Waals surface area contributed by atoms with Crippen LogP contribution < -0.4 is 14.8 Å². The zero-order chi connectivity index (χ0) is 16.4. The smallest absolute Gasteiger partial charge is 0.254 e. The predicted octanol–water partition coefficient (Wildman–Crippen LogP) is 2.85. The highest BCUT2D eigenvalue weighted by atomic mass is 35.5. The molecule has 0 saturated carbocycles. The molecule has 1 amide bonds. The first kappa shape index (κ1) is 19.2. The van der Waals surface area contributed by atoms with Crippen LogP contribution in [-0.4, -0.2) is 50.7 Å². The summed E-state index contributed by atoms with van der Waals surface area (Å²) in [6, 6.07) is 3.41. The van der Waals surface area contributed by atoms with Crippen molar-refractivity contribution in [3.63, 3.8) is 0 Å². The number of hydrogen-bond acceptors (Lipinski definition) is 4. The summed E-state index contributed by atoms with van der Waals surface area (Å²) in [5.41, 5.74) is 0.559. The van der Waals surface area contributed by atoms with Crippen LogP contribution in [-0.2, 0) is 0 Å². The van der Waals surface area contributed by atoms with Crippen molar-refractivity contribution in [1.29, 1.82) is 0 Å². The van der Waals surface area contributed by atoms with E-state index in [2.05, 4.69) is 5.32 Å². The van der Waals surface area contributed by atoms with Crippen LogP contribution in [0.1, 0.15) is 23.7 Å². The molecule has 2 fully saturated rings. The fourth-order valence-electron chi connectivity index (χ4n) is 3.39. The van der Waals surface area contributed by atoms with Gasteiger partial charge in [0.25, 0.3) is 5.91 Å². The minimum atomic E-state index is 0. The minimum absolute atomic E-state index is 0. The van der Waals surface area contributed by atoms with Crippen molar-refractivity contribution < 1.29 is 14.3 Å². The molecule has 0 unspecified atom stereocenters. The molecule has 3 rings (SSSR count). The van der Waals surface area contributed by atoms with E-state index < -0.39 is 0 Å². The quantitative estimate of drug-likeness (QED) is 0.860. The van der Waals surface area contributed by atoms with Crippen LogP contribution in [0.15, 0.2) is 12.1 Å². The van der Waals surface area contributed by atoms with Gasteiger partial charge in [-0.15, -0.1) is 12.4 Å². The number of nitrogens with zero attached hydrogens (tertiary/aromatic N) is 1. The first-order valence-electron chi connectivity index (χ1n) is 8.14. The lowest BCUT2D eigenvalue weighted by Crippen LogP contribution is -2.31. The van der Waals surface area contributed by atoms with Gasteiger partial charge in [0, 0.05) is 31.7 Å². The zero-order valence-electron chi connectivity index (χ0n) is 14.0. The average molecular weight is 375 g/mol. The van der Waals surface area contributed by atoms with Gasteiger partial charge in [-0.2, -0.15) is 0 Å². The highest BCUT2D eigenvalue weighted by Gasteiger charge is 2.38. The third kappa shape index (κ3) is 3.73. The number of halogens is 2. The van der Waals surface area contributed by atoms with Gasteiger partial charge in [-0.1, -0.05) is 18.5 Å². The van der Waals surface area contributed by atoms with Crippen molar-refractivity contribution in [2.45, 2.75) is 13.3 Å². The van der Waals surface area contributed by atoms with Gasteiger partial charge in [-0.3, -0.25) is 4.79 Å². The molecule has 134 valence electrons. The molecule has 2 saturated heterocycles. The van der Waals surface area contributed by atoms with Gasteiger partial charge in [0.05, 0.1) is 18.7 Å². The van der Waals surface area contributed by atoms with Crippen LogP contribution in [0.2, 0.25) is 5.02 Å². The van der Waals surface area contributed by atoms with E-state index >= 15 is 0 Å². The molecular weight excluding hydrogens is 351 g/mol. The molecule has 0 aromatic heterocycles. The molecule has 5 nitrogen and oxygen atoms in total. The van der Waals surface area contributed by atoms with E-state index in [0.29, 0.717) is 40.5 Å². The molecule has 0 bridgehead atoms. The van der Waals surface area contributed by atoms with Crippen LogP contribution in [0.25, 0.3) is 0 Å². The average Bonchev–Trinajstić information content (AvgIpc) is 3.13. The highest BCUT2D eigenvalue weighted by Crippen LogP contribution is 2.37. The molecule has 0 radical (unpaired) electrons. The Morgan fingerprint density at radius 2 is 2.00 bits per heavy atom. The fourth-order valence-corrected chi connectivity index (χ4v) is 3.66. The second-order valence-corrected chi connectivity index (χ2v) is 6.63. The summed E-state index contributed by atoms with van der Waals surface area (Å²) in [5.74, 6) is 2.18. The van der Waals surface area contributed by atoms with Gasteiger partial charge >= 0.3 is 0 Å². The highest BCUT2D eigenvalue weighted by molar-refractivity contribution is 6.32. The Labute approximate surface area is 154 Å². The Balaban J connectivity index is 0.00000208. The van der Waals surface area contributed by atoms with Gasteiger partial charge in [0.2, 0.25) is 0 Å². The molecule has 2 aliphatic rings. The minimum Gasteiger partial charge on any atom is -0.493 e. The molecule has 1 aromatic rings. The molecule has 7 heteroatoms. The second kappa shape index (κ2) is 8.28. The van der Waals surface area contributed by atoms with Crippen molar-refractivity contribution in [1.82, 2.24) is 10.2 Å². The number of carbonyl (C=O) groups is 1. The van der Waals surface area contributed by atoms with E-state index in [1.807, 2.05) is 11.8 Å². The van der Waals surface area contributed by atoms with Crippen molar-refractivity contribution in [2.24, 2.45) is 11.8 Å². The number of benzene rings is 1. The number of amides is 1. The number of nitrogens with one attached hydrogen (secondary N) is 1. The Morgan fingerprint density at radius 3 is 2.58 bits per heavy atom. The molecule has 24 heavy (non-hydrogen) atoms. The summed E-state index contributed by atoms with van der Waals surface area (Å²) in [7, 11) is 1.56. The van der Waals surface area contributed by atoms with Crippen LogP contribution >= 0.6 is 24.0 Å². The molecule has 0 spiro atoms. The maximum atomic E-state index is 12.8. The largest absolute Gasteiger partial charge is 0.493 e. The van der Waals surface area contributed by atoms with Crippen molar-refractivity contribution in [3.05, 3.63) is 22.7 Å². The van der Waals surface area contributed by atoms with Crippen molar-refractivity contribution in [3.8, 4) is 11.5 Å². The van der Waals surface area contributed by atoms with Crippen LogP contribution in [0, 0.1) is 11.8 Å². The van der Waals surface area contributed by atoms with E-state index in [-0.39, 0.29) is 18.3 Å². The zero-order valence-corrected chi connectivity index (χ0v) is 15.6. The SMILES string of the molecule is CCCOc1c(Cl)cc(C(=O)N2C[C@H]3CNC[C@H]3C2)cc1OC.Cl. The second-order valence-electron chi connectivity index (χ2n) is 6.23. The first-order chi connectivity index (χ1) is 11.1. The Hall–Kier alpha value is -1.17. The summed E-state index contributed by atoms with van der Waals surface area (Å²) >= 11 is 6.31. The monoisotopic (exact) mass is 374 g/mol. The maximum Gasteiger partial charge on any atom is 0.254 e. The number of rotatable bonds is 5. The van der Waals surface area contributed by atoms with Gasteiger partial charge in [-0.25, -0.2) is 0 Å². The first-order valence-corrected chi connectivity index (χ1v) is 8.52. The van der Waals surface area contributed by atoms with E-state index in [9.17, 15) is 4.79 Å². The third-order valence-corrected chi connectivity index (χ3v) is 4.88. The summed E-state index contributed by atoms with van der Waals surface area (Å²) in [6.07, 6.45) is 0.880. The number of likely N-dealkylation sites (tertiary alicyclic amines) is 1. The maximum absolute atomic E-state index is 12.8. The Bertz CT molecular complexity index is 585. The summed E-state index contributed by atoms with van der Waals surface area (Å²) in [4.78, 5) is 14.7. The number of hydrogen-bond donors (Lipinski definition) is 1. The number of ether oxygens (including phenoxy) is 2. The van der Waals surface area contributed by atoms with Gasteiger partial charge in [0.15, 0.2) is 11.5 Å². The Morgan fingerprint density at radius 1 is 1.33 bits per heavy atom. The molecule has 2 heterocycles. The number of fused-ring (bicyclic) bond motifs is 1. The summed E-state index contributed by atoms with van der Waals surface area (Å²) < 4.78 is 11.0. The lowest BCUT2D eigenvalue weighted by Gasteiger charge is -2.19. The molecule has 2 atom stereocenters. The normalized spacial score (nSPS) is 22.0. The van der Waals surface area contributed by atoms with Crippen molar-refractivity contribution in [2.75, 3.05) is 39.9 Å². The van der Waals surface area contributed by atoms with E-state index in [1.165, 1.54) is 0 Å². The van der Waals surface area contributed by atoms with Gasteiger partial charge < -0.3 is 19.7 Å². The van der Waals surface area contributed by atoms with Crippen LogP contribution in [0.4, 0.5) is 0 Å². The standard InChI is InChI=1S/C17H23ClN2O3.ClH/c1-3-4-23-16-14(18)5-11(6-15(16)22-2)17(21)20-9-12-7-19-8-13(12)10-20;/h5-6,12-13,19H,3-4,7-10H2,1-2H3;1H/t12-,13+;. The fraction of sp³-hybridized carbons (Fsp3) is 0.588. The molecule has 1 N–H and O–H groups in total.